The highest BCUT2D eigenvalue weighted by Gasteiger charge is 2.34. The molecule has 0 atom stereocenters. The van der Waals surface area contributed by atoms with Gasteiger partial charge in [-0.1, -0.05) is 0 Å². The van der Waals surface area contributed by atoms with Crippen LogP contribution < -0.4 is 5.32 Å². The SMILES string of the molecule is CC(C)OC(=O)CNc1ccc(F)c(C(F)(F)F)c1. The summed E-state index contributed by atoms with van der Waals surface area (Å²) in [6, 6.07) is 2.42. The second kappa shape index (κ2) is 5.90. The highest BCUT2D eigenvalue weighted by atomic mass is 19.4. The van der Waals surface area contributed by atoms with E-state index < -0.39 is 23.5 Å². The summed E-state index contributed by atoms with van der Waals surface area (Å²) < 4.78 is 55.1. The molecule has 1 aromatic carbocycles. The molecule has 1 aromatic rings. The van der Waals surface area contributed by atoms with E-state index in [0.717, 1.165) is 6.07 Å². The van der Waals surface area contributed by atoms with E-state index in [1.165, 1.54) is 0 Å². The minimum absolute atomic E-state index is 0.00516. The van der Waals surface area contributed by atoms with Gasteiger partial charge in [0, 0.05) is 5.69 Å². The van der Waals surface area contributed by atoms with Gasteiger partial charge in [0.1, 0.15) is 12.4 Å². The molecule has 0 spiro atoms. The number of ether oxygens (including phenoxy) is 1. The Labute approximate surface area is 107 Å². The van der Waals surface area contributed by atoms with E-state index in [1.807, 2.05) is 0 Å². The fourth-order valence-electron chi connectivity index (χ4n) is 1.33. The molecule has 106 valence electrons. The van der Waals surface area contributed by atoms with Crippen LogP contribution in [0, 0.1) is 5.82 Å². The van der Waals surface area contributed by atoms with Gasteiger partial charge >= 0.3 is 12.1 Å². The van der Waals surface area contributed by atoms with Crippen LogP contribution in [0.5, 0.6) is 0 Å². The first-order valence-corrected chi connectivity index (χ1v) is 5.50. The van der Waals surface area contributed by atoms with Crippen LogP contribution in [-0.2, 0) is 15.7 Å². The summed E-state index contributed by atoms with van der Waals surface area (Å²) in [6.45, 7) is 3.01. The number of alkyl halides is 3. The van der Waals surface area contributed by atoms with Gasteiger partial charge in [0.05, 0.1) is 11.7 Å². The molecule has 0 radical (unpaired) electrons. The summed E-state index contributed by atoms with van der Waals surface area (Å²) in [4.78, 5) is 11.2. The lowest BCUT2D eigenvalue weighted by molar-refractivity contribution is -0.145. The fourth-order valence-corrected chi connectivity index (χ4v) is 1.33. The number of carbonyl (C=O) groups is 1. The number of nitrogens with one attached hydrogen (secondary N) is 1. The topological polar surface area (TPSA) is 38.3 Å². The number of esters is 1. The molecule has 1 rings (SSSR count). The fraction of sp³-hybridized carbons (Fsp3) is 0.417. The number of benzene rings is 1. The molecular weight excluding hydrogens is 266 g/mol. The molecule has 0 bridgehead atoms. The molecule has 1 N–H and O–H groups in total. The molecule has 0 aromatic heterocycles. The van der Waals surface area contributed by atoms with Crippen LogP contribution in [0.25, 0.3) is 0 Å². The zero-order valence-corrected chi connectivity index (χ0v) is 10.3. The third-order valence-corrected chi connectivity index (χ3v) is 2.08. The second-order valence-corrected chi connectivity index (χ2v) is 4.08. The van der Waals surface area contributed by atoms with Gasteiger partial charge < -0.3 is 10.1 Å². The molecule has 0 saturated carbocycles. The Morgan fingerprint density at radius 1 is 1.37 bits per heavy atom. The van der Waals surface area contributed by atoms with Gasteiger partial charge in [0.15, 0.2) is 0 Å². The number of anilines is 1. The average Bonchev–Trinajstić information content (AvgIpc) is 2.25. The minimum atomic E-state index is -4.78. The Hall–Kier alpha value is -1.79. The highest BCUT2D eigenvalue weighted by molar-refractivity contribution is 5.75. The maximum absolute atomic E-state index is 13.0. The molecule has 0 unspecified atom stereocenters. The summed E-state index contributed by atoms with van der Waals surface area (Å²) in [7, 11) is 0. The number of halogens is 4. The van der Waals surface area contributed by atoms with Crippen molar-refractivity contribution in [3.63, 3.8) is 0 Å². The zero-order chi connectivity index (χ0) is 14.6. The van der Waals surface area contributed by atoms with Gasteiger partial charge in [0.25, 0.3) is 0 Å². The first-order valence-electron chi connectivity index (χ1n) is 5.50. The molecule has 0 aliphatic heterocycles. The van der Waals surface area contributed by atoms with Crippen molar-refractivity contribution in [3.8, 4) is 0 Å². The van der Waals surface area contributed by atoms with E-state index in [1.54, 1.807) is 13.8 Å². The minimum Gasteiger partial charge on any atom is -0.462 e. The van der Waals surface area contributed by atoms with Crippen LogP contribution in [0.15, 0.2) is 18.2 Å². The first-order chi connectivity index (χ1) is 8.70. The monoisotopic (exact) mass is 279 g/mol. The molecule has 0 amide bonds. The first kappa shape index (κ1) is 15.3. The van der Waals surface area contributed by atoms with E-state index >= 15 is 0 Å². The maximum atomic E-state index is 13.0. The Morgan fingerprint density at radius 2 is 2.00 bits per heavy atom. The predicted octanol–water partition coefficient (Wildman–Crippen LogP) is 3.21. The number of hydrogen-bond acceptors (Lipinski definition) is 3. The lowest BCUT2D eigenvalue weighted by Crippen LogP contribution is -2.20. The molecule has 0 fully saturated rings. The molecule has 0 aliphatic rings. The maximum Gasteiger partial charge on any atom is 0.419 e. The van der Waals surface area contributed by atoms with Crippen LogP contribution in [0.1, 0.15) is 19.4 Å². The molecule has 19 heavy (non-hydrogen) atoms. The predicted molar refractivity (Wildman–Crippen MR) is 61.1 cm³/mol. The summed E-state index contributed by atoms with van der Waals surface area (Å²) in [6.07, 6.45) is -5.09. The normalized spacial score (nSPS) is 11.5. The smallest absolute Gasteiger partial charge is 0.419 e. The molecule has 3 nitrogen and oxygen atoms in total. The van der Waals surface area contributed by atoms with Crippen LogP contribution in [0.4, 0.5) is 23.2 Å². The quantitative estimate of drug-likeness (QED) is 0.679. The van der Waals surface area contributed by atoms with Crippen molar-refractivity contribution in [1.82, 2.24) is 0 Å². The summed E-state index contributed by atoms with van der Waals surface area (Å²) in [5.74, 6) is -1.96. The summed E-state index contributed by atoms with van der Waals surface area (Å²) >= 11 is 0. The molecule has 7 heteroatoms. The van der Waals surface area contributed by atoms with E-state index in [0.29, 0.717) is 12.1 Å². The Kier molecular flexibility index (Phi) is 4.74. The third kappa shape index (κ3) is 4.76. The Balaban J connectivity index is 2.73. The van der Waals surface area contributed by atoms with E-state index in [9.17, 15) is 22.4 Å². The molecular formula is C12H13F4NO2. The molecule has 0 saturated heterocycles. The Morgan fingerprint density at radius 3 is 2.53 bits per heavy atom. The van der Waals surface area contributed by atoms with Gasteiger partial charge in [-0.2, -0.15) is 13.2 Å². The second-order valence-electron chi connectivity index (χ2n) is 4.08. The average molecular weight is 279 g/mol. The van der Waals surface area contributed by atoms with Gasteiger partial charge in [-0.15, -0.1) is 0 Å². The highest BCUT2D eigenvalue weighted by Crippen LogP contribution is 2.32. The number of carbonyl (C=O) groups excluding carboxylic acids is 1. The standard InChI is InChI=1S/C12H13F4NO2/c1-7(2)19-11(18)6-17-8-3-4-10(13)9(5-8)12(14,15)16/h3-5,7,17H,6H2,1-2H3. The third-order valence-electron chi connectivity index (χ3n) is 2.08. The van der Waals surface area contributed by atoms with Crippen molar-refractivity contribution < 1.29 is 27.1 Å². The van der Waals surface area contributed by atoms with Crippen LogP contribution >= 0.6 is 0 Å². The van der Waals surface area contributed by atoms with Crippen molar-refractivity contribution >= 4 is 11.7 Å². The van der Waals surface area contributed by atoms with Gasteiger partial charge in [-0.25, -0.2) is 4.39 Å². The summed E-state index contributed by atoms with van der Waals surface area (Å²) in [5.41, 5.74) is -1.39. The van der Waals surface area contributed by atoms with Crippen LogP contribution in [0.2, 0.25) is 0 Å². The lowest BCUT2D eigenvalue weighted by Gasteiger charge is -2.12. The van der Waals surface area contributed by atoms with E-state index in [2.05, 4.69) is 5.32 Å². The van der Waals surface area contributed by atoms with E-state index in [-0.39, 0.29) is 18.3 Å². The van der Waals surface area contributed by atoms with Gasteiger partial charge in [0.2, 0.25) is 0 Å². The number of rotatable bonds is 4. The van der Waals surface area contributed by atoms with Gasteiger partial charge in [-0.3, -0.25) is 4.79 Å². The van der Waals surface area contributed by atoms with E-state index in [4.69, 9.17) is 4.74 Å². The van der Waals surface area contributed by atoms with Crippen molar-refractivity contribution in [2.24, 2.45) is 0 Å². The largest absolute Gasteiger partial charge is 0.462 e. The van der Waals surface area contributed by atoms with Crippen molar-refractivity contribution in [2.45, 2.75) is 26.1 Å². The van der Waals surface area contributed by atoms with Gasteiger partial charge in [-0.05, 0) is 32.0 Å². The van der Waals surface area contributed by atoms with Crippen LogP contribution in [0.3, 0.4) is 0 Å². The Bertz CT molecular complexity index is 458. The number of hydrogen-bond donors (Lipinski definition) is 1. The summed E-state index contributed by atoms with van der Waals surface area (Å²) in [5, 5.41) is 2.45. The van der Waals surface area contributed by atoms with Crippen molar-refractivity contribution in [2.75, 3.05) is 11.9 Å². The van der Waals surface area contributed by atoms with Crippen molar-refractivity contribution in [3.05, 3.63) is 29.6 Å². The van der Waals surface area contributed by atoms with Crippen LogP contribution in [-0.4, -0.2) is 18.6 Å². The molecule has 0 heterocycles. The zero-order valence-electron chi connectivity index (χ0n) is 10.3. The molecule has 0 aliphatic carbocycles. The van der Waals surface area contributed by atoms with Crippen molar-refractivity contribution in [1.29, 1.82) is 0 Å². The lowest BCUT2D eigenvalue weighted by atomic mass is 10.2.